The molecular formula is C18H18N2O5S. The number of hydrogen-bond acceptors (Lipinski definition) is 7. The molecule has 0 aliphatic carbocycles. The quantitative estimate of drug-likeness (QED) is 0.720. The first-order valence-corrected chi connectivity index (χ1v) is 9.02. The zero-order chi connectivity index (χ0) is 18.5. The van der Waals surface area contributed by atoms with E-state index in [2.05, 4.69) is 4.98 Å². The molecule has 1 saturated heterocycles. The van der Waals surface area contributed by atoms with Crippen LogP contribution in [0.4, 0.5) is 0 Å². The second-order valence-corrected chi connectivity index (χ2v) is 6.61. The van der Waals surface area contributed by atoms with Gasteiger partial charge in [0.15, 0.2) is 6.61 Å². The van der Waals surface area contributed by atoms with Crippen LogP contribution in [0.2, 0.25) is 0 Å². The molecular weight excluding hydrogens is 356 g/mol. The molecule has 1 aromatic heterocycles. The van der Waals surface area contributed by atoms with E-state index < -0.39 is 18.5 Å². The van der Waals surface area contributed by atoms with Crippen molar-refractivity contribution in [3.63, 3.8) is 0 Å². The van der Waals surface area contributed by atoms with Gasteiger partial charge >= 0.3 is 5.97 Å². The number of carbonyl (C=O) groups is 3. The SMILES string of the molecule is COc1ccc(-c2nc(CC(=O)OCC(=O)N3CCCC3=O)cs2)cc1. The summed E-state index contributed by atoms with van der Waals surface area (Å²) < 4.78 is 10.1. The van der Waals surface area contributed by atoms with E-state index in [1.807, 2.05) is 24.3 Å². The van der Waals surface area contributed by atoms with Crippen molar-refractivity contribution in [3.8, 4) is 16.3 Å². The minimum atomic E-state index is -0.545. The maximum Gasteiger partial charge on any atom is 0.312 e. The molecule has 2 amide bonds. The van der Waals surface area contributed by atoms with Crippen LogP contribution in [0.5, 0.6) is 5.75 Å². The molecule has 1 aliphatic rings. The van der Waals surface area contributed by atoms with E-state index in [-0.39, 0.29) is 12.3 Å². The zero-order valence-electron chi connectivity index (χ0n) is 14.3. The third kappa shape index (κ3) is 4.26. The van der Waals surface area contributed by atoms with Gasteiger partial charge in [0.05, 0.1) is 19.2 Å². The van der Waals surface area contributed by atoms with E-state index in [1.54, 1.807) is 12.5 Å². The second-order valence-electron chi connectivity index (χ2n) is 5.75. The Morgan fingerprint density at radius 2 is 2.04 bits per heavy atom. The summed E-state index contributed by atoms with van der Waals surface area (Å²) in [5.74, 6) is -0.473. The summed E-state index contributed by atoms with van der Waals surface area (Å²) in [5.41, 5.74) is 1.51. The smallest absolute Gasteiger partial charge is 0.312 e. The number of imide groups is 1. The largest absolute Gasteiger partial charge is 0.497 e. The number of methoxy groups -OCH3 is 1. The highest BCUT2D eigenvalue weighted by atomic mass is 32.1. The lowest BCUT2D eigenvalue weighted by Gasteiger charge is -2.13. The molecule has 0 saturated carbocycles. The monoisotopic (exact) mass is 374 g/mol. The predicted octanol–water partition coefficient (Wildman–Crippen LogP) is 2.05. The van der Waals surface area contributed by atoms with Crippen molar-refractivity contribution >= 4 is 29.1 Å². The van der Waals surface area contributed by atoms with Crippen molar-refractivity contribution in [1.29, 1.82) is 0 Å². The maximum absolute atomic E-state index is 11.9. The molecule has 1 aromatic carbocycles. The number of likely N-dealkylation sites (tertiary alicyclic amines) is 1. The molecule has 8 heteroatoms. The molecule has 1 fully saturated rings. The van der Waals surface area contributed by atoms with Gasteiger partial charge in [-0.05, 0) is 30.7 Å². The number of esters is 1. The molecule has 0 unspecified atom stereocenters. The highest BCUT2D eigenvalue weighted by Crippen LogP contribution is 2.25. The van der Waals surface area contributed by atoms with Crippen LogP contribution in [0.25, 0.3) is 10.6 Å². The van der Waals surface area contributed by atoms with Crippen molar-refractivity contribution in [2.24, 2.45) is 0 Å². The summed E-state index contributed by atoms with van der Waals surface area (Å²) in [6, 6.07) is 7.48. The molecule has 26 heavy (non-hydrogen) atoms. The van der Waals surface area contributed by atoms with Crippen molar-refractivity contribution < 1.29 is 23.9 Å². The third-order valence-corrected chi connectivity index (χ3v) is 4.89. The van der Waals surface area contributed by atoms with Crippen LogP contribution in [0.15, 0.2) is 29.6 Å². The lowest BCUT2D eigenvalue weighted by atomic mass is 10.2. The summed E-state index contributed by atoms with van der Waals surface area (Å²) in [6.07, 6.45) is 1.01. The fourth-order valence-corrected chi connectivity index (χ4v) is 3.41. The number of benzene rings is 1. The first-order valence-electron chi connectivity index (χ1n) is 8.14. The number of carbonyl (C=O) groups excluding carboxylic acids is 3. The van der Waals surface area contributed by atoms with E-state index in [4.69, 9.17) is 9.47 Å². The molecule has 0 radical (unpaired) electrons. The number of aromatic nitrogens is 1. The molecule has 136 valence electrons. The predicted molar refractivity (Wildman–Crippen MR) is 94.7 cm³/mol. The van der Waals surface area contributed by atoms with Gasteiger partial charge in [0.2, 0.25) is 5.91 Å². The molecule has 0 atom stereocenters. The standard InChI is InChI=1S/C18H18N2O5S/c1-24-14-6-4-12(5-7-14)18-19-13(11-26-18)9-17(23)25-10-16(22)20-8-2-3-15(20)21/h4-7,11H,2-3,8-10H2,1H3. The number of nitrogens with zero attached hydrogens (tertiary/aromatic N) is 2. The van der Waals surface area contributed by atoms with Gasteiger partial charge in [-0.2, -0.15) is 0 Å². The molecule has 0 spiro atoms. The highest BCUT2D eigenvalue weighted by molar-refractivity contribution is 7.13. The fourth-order valence-electron chi connectivity index (χ4n) is 2.59. The Morgan fingerprint density at radius 1 is 1.27 bits per heavy atom. The molecule has 0 bridgehead atoms. The lowest BCUT2D eigenvalue weighted by Crippen LogP contribution is -2.35. The normalized spacial score (nSPS) is 13.7. The topological polar surface area (TPSA) is 85.8 Å². The summed E-state index contributed by atoms with van der Waals surface area (Å²) in [4.78, 5) is 40.8. The molecule has 1 aliphatic heterocycles. The minimum absolute atomic E-state index is 0.0200. The van der Waals surface area contributed by atoms with Crippen LogP contribution in [-0.4, -0.2) is 47.9 Å². The van der Waals surface area contributed by atoms with Gasteiger partial charge in [0, 0.05) is 23.9 Å². The van der Waals surface area contributed by atoms with Crippen LogP contribution in [0.3, 0.4) is 0 Å². The Hall–Kier alpha value is -2.74. The minimum Gasteiger partial charge on any atom is -0.497 e. The van der Waals surface area contributed by atoms with Crippen LogP contribution in [0.1, 0.15) is 18.5 Å². The average molecular weight is 374 g/mol. The van der Waals surface area contributed by atoms with E-state index in [0.717, 1.165) is 21.2 Å². The average Bonchev–Trinajstić information content (AvgIpc) is 3.29. The summed E-state index contributed by atoms with van der Waals surface area (Å²) in [5, 5.41) is 2.57. The van der Waals surface area contributed by atoms with Crippen LogP contribution in [-0.2, 0) is 25.5 Å². The van der Waals surface area contributed by atoms with Crippen LogP contribution >= 0.6 is 11.3 Å². The molecule has 0 N–H and O–H groups in total. The van der Waals surface area contributed by atoms with Gasteiger partial charge in [-0.15, -0.1) is 11.3 Å². The molecule has 2 heterocycles. The first kappa shape index (κ1) is 18.1. The highest BCUT2D eigenvalue weighted by Gasteiger charge is 2.27. The Morgan fingerprint density at radius 3 is 2.69 bits per heavy atom. The van der Waals surface area contributed by atoms with E-state index in [1.165, 1.54) is 11.3 Å². The maximum atomic E-state index is 11.9. The van der Waals surface area contributed by atoms with Gasteiger partial charge in [-0.25, -0.2) is 4.98 Å². The van der Waals surface area contributed by atoms with E-state index in [9.17, 15) is 14.4 Å². The van der Waals surface area contributed by atoms with E-state index >= 15 is 0 Å². The van der Waals surface area contributed by atoms with Gasteiger partial charge in [0.25, 0.3) is 5.91 Å². The molecule has 2 aromatic rings. The Kier molecular flexibility index (Phi) is 5.62. The molecule has 7 nitrogen and oxygen atoms in total. The van der Waals surface area contributed by atoms with E-state index in [0.29, 0.717) is 25.1 Å². The summed E-state index contributed by atoms with van der Waals surface area (Å²) in [7, 11) is 1.60. The Balaban J connectivity index is 1.52. The van der Waals surface area contributed by atoms with Crippen molar-refractivity contribution in [3.05, 3.63) is 35.3 Å². The number of ether oxygens (including phenoxy) is 2. The fraction of sp³-hybridized carbons (Fsp3) is 0.333. The number of amides is 2. The Bertz CT molecular complexity index is 815. The lowest BCUT2D eigenvalue weighted by molar-refractivity contribution is -0.154. The second kappa shape index (κ2) is 8.09. The number of thiazole rings is 1. The first-order chi connectivity index (χ1) is 12.6. The summed E-state index contributed by atoms with van der Waals surface area (Å²) in [6.45, 7) is -0.0213. The number of rotatable bonds is 6. The van der Waals surface area contributed by atoms with Crippen LogP contribution in [0, 0.1) is 0 Å². The van der Waals surface area contributed by atoms with Crippen LogP contribution < -0.4 is 4.74 Å². The number of hydrogen-bond donors (Lipinski definition) is 0. The van der Waals surface area contributed by atoms with Crippen molar-refractivity contribution in [1.82, 2.24) is 9.88 Å². The third-order valence-electron chi connectivity index (χ3n) is 3.95. The molecule has 3 rings (SSSR count). The van der Waals surface area contributed by atoms with Gasteiger partial charge in [0.1, 0.15) is 10.8 Å². The van der Waals surface area contributed by atoms with Gasteiger partial charge in [-0.1, -0.05) is 0 Å². The van der Waals surface area contributed by atoms with Gasteiger partial charge < -0.3 is 9.47 Å². The van der Waals surface area contributed by atoms with Crippen molar-refractivity contribution in [2.45, 2.75) is 19.3 Å². The summed E-state index contributed by atoms with van der Waals surface area (Å²) >= 11 is 1.42. The zero-order valence-corrected chi connectivity index (χ0v) is 15.1. The van der Waals surface area contributed by atoms with Crippen molar-refractivity contribution in [2.75, 3.05) is 20.3 Å². The van der Waals surface area contributed by atoms with Gasteiger partial charge in [-0.3, -0.25) is 19.3 Å². The Labute approximate surface area is 154 Å².